The predicted molar refractivity (Wildman–Crippen MR) is 129 cm³/mol. The Kier molecular flexibility index (Phi) is 6.54. The van der Waals surface area contributed by atoms with E-state index in [4.69, 9.17) is 4.74 Å². The fourth-order valence-corrected chi connectivity index (χ4v) is 3.68. The van der Waals surface area contributed by atoms with Crippen LogP contribution in [0.4, 0.5) is 10.1 Å². The number of carbonyl (C=O) groups excluding carboxylic acids is 2. The van der Waals surface area contributed by atoms with Crippen molar-refractivity contribution in [1.29, 1.82) is 0 Å². The lowest BCUT2D eigenvalue weighted by Crippen LogP contribution is -2.24. The fraction of sp³-hybridized carbons (Fsp3) is 0.148. The van der Waals surface area contributed by atoms with Crippen LogP contribution in [-0.2, 0) is 11.3 Å². The van der Waals surface area contributed by atoms with Crippen molar-refractivity contribution in [3.8, 4) is 5.75 Å². The summed E-state index contributed by atoms with van der Waals surface area (Å²) in [5, 5.41) is 2.82. The van der Waals surface area contributed by atoms with Crippen LogP contribution in [0.5, 0.6) is 5.75 Å². The Morgan fingerprint density at radius 2 is 1.71 bits per heavy atom. The van der Waals surface area contributed by atoms with E-state index in [2.05, 4.69) is 5.32 Å². The van der Waals surface area contributed by atoms with Gasteiger partial charge in [-0.3, -0.25) is 14.4 Å². The zero-order valence-corrected chi connectivity index (χ0v) is 18.8. The Hall–Kier alpha value is -4.26. The van der Waals surface area contributed by atoms with Crippen molar-refractivity contribution in [2.24, 2.45) is 0 Å². The maximum Gasteiger partial charge on any atom is 0.244 e. The van der Waals surface area contributed by atoms with Crippen LogP contribution in [0.2, 0.25) is 0 Å². The van der Waals surface area contributed by atoms with Gasteiger partial charge in [0, 0.05) is 22.8 Å². The molecule has 1 heterocycles. The van der Waals surface area contributed by atoms with E-state index in [1.807, 2.05) is 13.8 Å². The lowest BCUT2D eigenvalue weighted by Gasteiger charge is -2.14. The summed E-state index contributed by atoms with van der Waals surface area (Å²) in [5.41, 5.74) is 1.53. The molecular weight excluding hydrogens is 435 g/mol. The molecule has 0 aliphatic carbocycles. The zero-order chi connectivity index (χ0) is 24.2. The van der Waals surface area contributed by atoms with Gasteiger partial charge in [0.1, 0.15) is 18.1 Å². The van der Waals surface area contributed by atoms with Crippen LogP contribution >= 0.6 is 0 Å². The molecule has 0 radical (unpaired) electrons. The van der Waals surface area contributed by atoms with Crippen molar-refractivity contribution in [1.82, 2.24) is 4.57 Å². The van der Waals surface area contributed by atoms with E-state index in [9.17, 15) is 18.8 Å². The first-order valence-corrected chi connectivity index (χ1v) is 10.8. The number of fused-ring (bicyclic) bond motifs is 1. The van der Waals surface area contributed by atoms with Crippen molar-refractivity contribution in [3.05, 3.63) is 106 Å². The SMILES string of the molecule is CCOc1ccc(NC(=O)Cn2cc(C(=O)c3ccc(C)cc3)c(=O)c3cc(F)ccc32)cc1. The first-order valence-electron chi connectivity index (χ1n) is 10.8. The minimum absolute atomic E-state index is 0.0341. The van der Waals surface area contributed by atoms with E-state index in [0.717, 1.165) is 11.6 Å². The number of nitrogens with zero attached hydrogens (tertiary/aromatic N) is 1. The number of benzene rings is 3. The normalized spacial score (nSPS) is 10.8. The van der Waals surface area contributed by atoms with E-state index < -0.39 is 17.0 Å². The predicted octanol–water partition coefficient (Wildman–Crippen LogP) is 4.72. The summed E-state index contributed by atoms with van der Waals surface area (Å²) in [6.07, 6.45) is 1.36. The minimum atomic E-state index is -0.602. The van der Waals surface area contributed by atoms with Crippen LogP contribution in [0.25, 0.3) is 10.9 Å². The number of ether oxygens (including phenoxy) is 1. The quantitative estimate of drug-likeness (QED) is 0.407. The number of anilines is 1. The number of pyridine rings is 1. The van der Waals surface area contributed by atoms with Gasteiger partial charge in [0.2, 0.25) is 11.3 Å². The lowest BCUT2D eigenvalue weighted by molar-refractivity contribution is -0.116. The van der Waals surface area contributed by atoms with Crippen molar-refractivity contribution in [2.45, 2.75) is 20.4 Å². The molecule has 0 saturated carbocycles. The highest BCUT2D eigenvalue weighted by molar-refractivity contribution is 6.10. The summed E-state index contributed by atoms with van der Waals surface area (Å²) in [5.74, 6) is -0.771. The molecule has 4 aromatic rings. The van der Waals surface area contributed by atoms with Gasteiger partial charge in [-0.05, 0) is 56.3 Å². The number of hydrogen-bond donors (Lipinski definition) is 1. The molecule has 0 fully saturated rings. The highest BCUT2D eigenvalue weighted by Gasteiger charge is 2.19. The summed E-state index contributed by atoms with van der Waals surface area (Å²) < 4.78 is 20.9. The number of halogens is 1. The Morgan fingerprint density at radius 1 is 1.00 bits per heavy atom. The molecule has 0 aliphatic heterocycles. The average Bonchev–Trinajstić information content (AvgIpc) is 2.82. The van der Waals surface area contributed by atoms with Gasteiger partial charge in [0.15, 0.2) is 5.78 Å². The third kappa shape index (κ3) is 4.88. The first kappa shape index (κ1) is 22.9. The topological polar surface area (TPSA) is 77.4 Å². The summed E-state index contributed by atoms with van der Waals surface area (Å²) >= 11 is 0. The molecule has 3 aromatic carbocycles. The number of aryl methyl sites for hydroxylation is 1. The number of aromatic nitrogens is 1. The summed E-state index contributed by atoms with van der Waals surface area (Å²) in [7, 11) is 0. The van der Waals surface area contributed by atoms with E-state index >= 15 is 0 Å². The molecule has 1 N–H and O–H groups in total. The lowest BCUT2D eigenvalue weighted by atomic mass is 10.0. The third-order valence-electron chi connectivity index (χ3n) is 5.36. The second kappa shape index (κ2) is 9.70. The van der Waals surface area contributed by atoms with Gasteiger partial charge in [-0.15, -0.1) is 0 Å². The van der Waals surface area contributed by atoms with Gasteiger partial charge in [-0.25, -0.2) is 4.39 Å². The van der Waals surface area contributed by atoms with Crippen LogP contribution in [0.1, 0.15) is 28.4 Å². The van der Waals surface area contributed by atoms with Gasteiger partial charge in [-0.2, -0.15) is 0 Å². The molecule has 1 amide bonds. The maximum atomic E-state index is 14.0. The van der Waals surface area contributed by atoms with Gasteiger partial charge < -0.3 is 14.6 Å². The molecule has 4 rings (SSSR count). The van der Waals surface area contributed by atoms with Crippen LogP contribution in [0, 0.1) is 12.7 Å². The summed E-state index contributed by atoms with van der Waals surface area (Å²) in [6.45, 7) is 4.14. The van der Waals surface area contributed by atoms with Crippen LogP contribution in [-0.4, -0.2) is 22.9 Å². The zero-order valence-electron chi connectivity index (χ0n) is 18.8. The molecule has 7 heteroatoms. The molecule has 0 bridgehead atoms. The number of rotatable bonds is 7. The van der Waals surface area contributed by atoms with Gasteiger partial charge >= 0.3 is 0 Å². The molecule has 0 unspecified atom stereocenters. The van der Waals surface area contributed by atoms with E-state index in [0.29, 0.717) is 29.1 Å². The van der Waals surface area contributed by atoms with Crippen molar-refractivity contribution >= 4 is 28.3 Å². The number of carbonyl (C=O) groups is 2. The third-order valence-corrected chi connectivity index (χ3v) is 5.36. The molecule has 34 heavy (non-hydrogen) atoms. The van der Waals surface area contributed by atoms with E-state index in [1.54, 1.807) is 48.5 Å². The van der Waals surface area contributed by atoms with E-state index in [-0.39, 0.29) is 23.4 Å². The van der Waals surface area contributed by atoms with Crippen molar-refractivity contribution in [3.63, 3.8) is 0 Å². The molecule has 1 aromatic heterocycles. The standard InChI is InChI=1S/C27H23FN2O4/c1-3-34-21-11-9-20(10-12-21)29-25(31)16-30-15-23(26(32)18-6-4-17(2)5-7-18)27(33)22-14-19(28)8-13-24(22)30/h4-15H,3,16H2,1-2H3,(H,29,31). The van der Waals surface area contributed by atoms with Crippen molar-refractivity contribution in [2.75, 3.05) is 11.9 Å². The van der Waals surface area contributed by atoms with Crippen molar-refractivity contribution < 1.29 is 18.7 Å². The molecular formula is C27H23FN2O4. The number of nitrogens with one attached hydrogen (secondary N) is 1. The molecule has 0 atom stereocenters. The monoisotopic (exact) mass is 458 g/mol. The minimum Gasteiger partial charge on any atom is -0.494 e. The molecule has 0 saturated heterocycles. The highest BCUT2D eigenvalue weighted by Crippen LogP contribution is 2.18. The van der Waals surface area contributed by atoms with Crippen LogP contribution in [0.15, 0.2) is 77.7 Å². The molecule has 6 nitrogen and oxygen atoms in total. The second-order valence-electron chi connectivity index (χ2n) is 7.86. The largest absolute Gasteiger partial charge is 0.494 e. The Morgan fingerprint density at radius 3 is 2.38 bits per heavy atom. The first-order chi connectivity index (χ1) is 16.4. The number of amides is 1. The van der Waals surface area contributed by atoms with Gasteiger partial charge in [0.05, 0.1) is 17.7 Å². The molecule has 0 aliphatic rings. The maximum absolute atomic E-state index is 14.0. The Labute approximate surface area is 195 Å². The second-order valence-corrected chi connectivity index (χ2v) is 7.86. The number of ketones is 1. The van der Waals surface area contributed by atoms with E-state index in [1.165, 1.54) is 22.9 Å². The fourth-order valence-electron chi connectivity index (χ4n) is 3.68. The van der Waals surface area contributed by atoms with Crippen LogP contribution < -0.4 is 15.5 Å². The molecule has 172 valence electrons. The average molecular weight is 458 g/mol. The van der Waals surface area contributed by atoms with Gasteiger partial charge in [-0.1, -0.05) is 29.8 Å². The highest BCUT2D eigenvalue weighted by atomic mass is 19.1. The number of hydrogen-bond acceptors (Lipinski definition) is 4. The smallest absolute Gasteiger partial charge is 0.244 e. The Balaban J connectivity index is 1.69. The summed E-state index contributed by atoms with van der Waals surface area (Å²) in [6, 6.07) is 17.5. The van der Waals surface area contributed by atoms with Gasteiger partial charge in [0.25, 0.3) is 0 Å². The molecule has 0 spiro atoms. The Bertz CT molecular complexity index is 1420. The summed E-state index contributed by atoms with van der Waals surface area (Å²) in [4.78, 5) is 38.9. The van der Waals surface area contributed by atoms with Crippen LogP contribution in [0.3, 0.4) is 0 Å².